The third-order valence-corrected chi connectivity index (χ3v) is 14.6. The lowest BCUT2D eigenvalue weighted by atomic mass is 9.92. The number of carbonyl (C=O) groups excluding carboxylic acids is 8. The van der Waals surface area contributed by atoms with E-state index in [1.807, 2.05) is 45.0 Å². The summed E-state index contributed by atoms with van der Waals surface area (Å²) in [7, 11) is 3.06. The summed E-state index contributed by atoms with van der Waals surface area (Å²) < 4.78 is 44.6. The van der Waals surface area contributed by atoms with Crippen LogP contribution in [0.4, 0.5) is 0 Å². The molecule has 2 aromatic rings. The highest BCUT2D eigenvalue weighted by Crippen LogP contribution is 2.45. The Kier molecular flexibility index (Phi) is 30.4. The van der Waals surface area contributed by atoms with E-state index in [4.69, 9.17) is 49.5 Å². The molecule has 2 heterocycles. The maximum atomic E-state index is 14.0. The molecule has 478 valence electrons. The summed E-state index contributed by atoms with van der Waals surface area (Å²) in [4.78, 5) is 120. The first-order valence-electron chi connectivity index (χ1n) is 29.2. The number of nitrogens with zero attached hydrogens (tertiary/aromatic N) is 1. The Labute approximate surface area is 509 Å². The fraction of sp³-hybridized carbons (Fsp3) is 0.623. The Hall–Kier alpha value is -6.70. The Balaban J connectivity index is 1.33. The lowest BCUT2D eigenvalue weighted by molar-refractivity contribution is -0.179. The van der Waals surface area contributed by atoms with Gasteiger partial charge in [0, 0.05) is 58.5 Å². The van der Waals surface area contributed by atoms with Crippen molar-refractivity contribution in [3.8, 4) is 5.75 Å². The number of carbonyl (C=O) groups is 9. The molecule has 0 aliphatic carbocycles. The van der Waals surface area contributed by atoms with Crippen LogP contribution in [0.15, 0.2) is 54.6 Å². The molecule has 0 aromatic heterocycles. The van der Waals surface area contributed by atoms with Gasteiger partial charge in [-0.15, -0.1) is 0 Å². The zero-order valence-corrected chi connectivity index (χ0v) is 52.0. The third kappa shape index (κ3) is 25.0. The molecule has 24 nitrogen and oxygen atoms in total. The van der Waals surface area contributed by atoms with Crippen molar-refractivity contribution in [2.24, 2.45) is 23.2 Å². The molecule has 0 unspecified atom stereocenters. The minimum Gasteiger partial charge on any atom is -0.495 e. The Morgan fingerprint density at radius 1 is 0.802 bits per heavy atom. The highest BCUT2D eigenvalue weighted by Gasteiger charge is 2.48. The number of hydrogen-bond acceptors (Lipinski definition) is 17. The second kappa shape index (κ2) is 36.4. The second-order valence-corrected chi connectivity index (χ2v) is 23.1. The number of carboxylic acid groups (broad SMARTS) is 1. The van der Waals surface area contributed by atoms with Crippen LogP contribution in [-0.4, -0.2) is 180 Å². The zero-order valence-electron chi connectivity index (χ0n) is 51.2. The molecule has 2 aromatic carbocycles. The van der Waals surface area contributed by atoms with E-state index in [1.54, 1.807) is 59.1 Å². The second-order valence-electron chi connectivity index (χ2n) is 22.7. The first kappa shape index (κ1) is 71.8. The molecule has 1 fully saturated rings. The lowest BCUT2D eigenvalue weighted by Gasteiger charge is -2.29. The molecule has 0 saturated carbocycles. The van der Waals surface area contributed by atoms with Crippen molar-refractivity contribution < 1.29 is 86.2 Å². The third-order valence-electron chi connectivity index (χ3n) is 14.3. The topological polar surface area (TPSA) is 314 Å². The molecule has 25 heteroatoms. The number of benzene rings is 2. The minimum atomic E-state index is -1.29. The van der Waals surface area contributed by atoms with Gasteiger partial charge in [0.05, 0.1) is 82.7 Å². The van der Waals surface area contributed by atoms with E-state index < -0.39 is 113 Å². The predicted molar refractivity (Wildman–Crippen MR) is 315 cm³/mol. The largest absolute Gasteiger partial charge is 0.495 e. The van der Waals surface area contributed by atoms with E-state index in [2.05, 4.69) is 26.6 Å². The monoisotopic (exact) mass is 1230 g/mol. The quantitative estimate of drug-likeness (QED) is 0.0332. The van der Waals surface area contributed by atoms with Crippen LogP contribution in [0.3, 0.4) is 0 Å². The number of rotatable bonds is 33. The van der Waals surface area contributed by atoms with Gasteiger partial charge in [0.15, 0.2) is 6.10 Å². The number of carboxylic acids is 1. The SMILES string of the molecule is COCCOCCOCCOCCC(=O)N(CCC(=O)O)CCC(=O)N[C@H](C(=O)N[C@@H](C)C(=O)NCc1ccc([C@H]2O[C@@H]2[C@@H](C)[C@@H]2C/C=C/C(=O)N[C@H](Cc3ccc(OC)c(Cl)c3)C(=O)NCC(C)(C)C(=O)O[C@@H](CC(C)C)C(=O)O2)cc1)C(C)C. The van der Waals surface area contributed by atoms with Crippen LogP contribution in [0.25, 0.3) is 0 Å². The summed E-state index contributed by atoms with van der Waals surface area (Å²) >= 11 is 6.38. The number of esters is 2. The summed E-state index contributed by atoms with van der Waals surface area (Å²) in [5.41, 5.74) is 0.897. The van der Waals surface area contributed by atoms with E-state index >= 15 is 0 Å². The molecule has 6 N–H and O–H groups in total. The molecular weight excluding hydrogens is 1140 g/mol. The fourth-order valence-electron chi connectivity index (χ4n) is 8.97. The van der Waals surface area contributed by atoms with Gasteiger partial charge < -0.3 is 74.5 Å². The van der Waals surface area contributed by atoms with E-state index in [9.17, 15) is 48.3 Å². The average molecular weight is 1230 g/mol. The first-order chi connectivity index (χ1) is 40.8. The van der Waals surface area contributed by atoms with Crippen molar-refractivity contribution in [3.05, 3.63) is 76.3 Å². The summed E-state index contributed by atoms with van der Waals surface area (Å²) in [6.07, 6.45) is -0.413. The van der Waals surface area contributed by atoms with Gasteiger partial charge in [-0.1, -0.05) is 82.6 Å². The van der Waals surface area contributed by atoms with Crippen LogP contribution >= 0.6 is 11.6 Å². The normalized spacial score (nSPS) is 20.5. The van der Waals surface area contributed by atoms with E-state index in [0.29, 0.717) is 42.8 Å². The molecule has 2 aliphatic rings. The van der Waals surface area contributed by atoms with Crippen LogP contribution in [0, 0.1) is 23.2 Å². The van der Waals surface area contributed by atoms with E-state index in [-0.39, 0.29) is 90.4 Å². The van der Waals surface area contributed by atoms with Crippen molar-refractivity contribution in [2.45, 2.75) is 143 Å². The van der Waals surface area contributed by atoms with Gasteiger partial charge in [0.1, 0.15) is 36.1 Å². The number of cyclic esters (lactones) is 2. The van der Waals surface area contributed by atoms with Crippen molar-refractivity contribution in [1.82, 2.24) is 31.5 Å². The number of ether oxygens (including phenoxy) is 8. The molecule has 8 atom stereocenters. The van der Waals surface area contributed by atoms with E-state index in [0.717, 1.165) is 11.1 Å². The van der Waals surface area contributed by atoms with Crippen LogP contribution in [0.1, 0.15) is 110 Å². The number of methoxy groups -OCH3 is 2. The van der Waals surface area contributed by atoms with Gasteiger partial charge in [-0.3, -0.25) is 38.4 Å². The maximum absolute atomic E-state index is 14.0. The first-order valence-corrected chi connectivity index (χ1v) is 29.5. The number of epoxide rings is 1. The highest BCUT2D eigenvalue weighted by molar-refractivity contribution is 6.32. The molecule has 2 aliphatic heterocycles. The number of halogens is 1. The lowest BCUT2D eigenvalue weighted by Crippen LogP contribution is -2.54. The van der Waals surface area contributed by atoms with Crippen LogP contribution in [0.2, 0.25) is 5.02 Å². The Morgan fingerprint density at radius 3 is 2.06 bits per heavy atom. The minimum absolute atomic E-state index is 0.0501. The number of hydrogen-bond donors (Lipinski definition) is 6. The van der Waals surface area contributed by atoms with Crippen molar-refractivity contribution in [3.63, 3.8) is 0 Å². The van der Waals surface area contributed by atoms with Crippen LogP contribution in [0.5, 0.6) is 5.75 Å². The Bertz CT molecular complexity index is 2600. The number of aliphatic carboxylic acids is 1. The molecule has 0 spiro atoms. The number of amides is 6. The molecule has 1 saturated heterocycles. The average Bonchev–Trinajstić information content (AvgIpc) is 2.72. The summed E-state index contributed by atoms with van der Waals surface area (Å²) in [6, 6.07) is 9.25. The van der Waals surface area contributed by atoms with E-state index in [1.165, 1.54) is 25.0 Å². The van der Waals surface area contributed by atoms with Crippen molar-refractivity contribution in [2.75, 3.05) is 80.1 Å². The van der Waals surface area contributed by atoms with Gasteiger partial charge in [-0.05, 0) is 73.9 Å². The molecular formula is C61H89ClN6O18. The number of nitrogens with one attached hydrogen (secondary N) is 5. The highest BCUT2D eigenvalue weighted by atomic mass is 35.5. The molecule has 4 rings (SSSR count). The molecule has 0 radical (unpaired) electrons. The van der Waals surface area contributed by atoms with Gasteiger partial charge in [-0.25, -0.2) is 4.79 Å². The molecule has 0 bridgehead atoms. The standard InChI is InChI=1S/C61H89ClN6O18/c1-37(2)32-48-59(77)84-46(12-11-13-49(69)66-45(34-42-16-19-47(80-10)44(62)33-42)57(75)64-36-61(7,8)60(78)85-48)39(5)54-55(86-54)43-17-14-41(15-18-43)35-63-56(74)40(6)65-58(76)53(38(3)4)67-50(70)20-23-68(24-21-52(72)73)51(71)22-25-81-28-29-83-31-30-82-27-26-79-9/h11,13-19,33,37-40,45-46,48,53-55H,12,20-32,34-36H2,1-10H3,(H,63,74)(H,64,75)(H,65,76)(H,66,69)(H,67,70)(H,72,73)/b13-11+/t39-,40-,45+,46-,48-,53-,54+,55+/m0/s1. The predicted octanol–water partition coefficient (Wildman–Crippen LogP) is 4.17. The van der Waals surface area contributed by atoms with Gasteiger partial charge in [-0.2, -0.15) is 0 Å². The summed E-state index contributed by atoms with van der Waals surface area (Å²) in [5.74, 6) is -6.24. The Morgan fingerprint density at radius 2 is 1.44 bits per heavy atom. The molecule has 86 heavy (non-hydrogen) atoms. The van der Waals surface area contributed by atoms with Crippen LogP contribution < -0.4 is 31.3 Å². The van der Waals surface area contributed by atoms with Crippen molar-refractivity contribution in [1.29, 1.82) is 0 Å². The summed E-state index contributed by atoms with van der Waals surface area (Å²) in [5, 5.41) is 23.3. The van der Waals surface area contributed by atoms with Crippen LogP contribution in [-0.2, 0) is 89.3 Å². The smallest absolute Gasteiger partial charge is 0.347 e. The zero-order chi connectivity index (χ0) is 63.5. The van der Waals surface area contributed by atoms with Gasteiger partial charge in [0.2, 0.25) is 35.4 Å². The summed E-state index contributed by atoms with van der Waals surface area (Å²) in [6.45, 7) is 15.7. The molecule has 6 amide bonds. The van der Waals surface area contributed by atoms with Gasteiger partial charge in [0.25, 0.3) is 0 Å². The van der Waals surface area contributed by atoms with Crippen molar-refractivity contribution >= 4 is 65.0 Å². The maximum Gasteiger partial charge on any atom is 0.347 e. The van der Waals surface area contributed by atoms with Gasteiger partial charge >= 0.3 is 17.9 Å². The fourth-order valence-corrected chi connectivity index (χ4v) is 9.25.